The predicted molar refractivity (Wildman–Crippen MR) is 122 cm³/mol. The smallest absolute Gasteiger partial charge is 0.225 e. The number of benzene rings is 2. The van der Waals surface area contributed by atoms with Crippen molar-refractivity contribution < 1.29 is 4.39 Å². The molecule has 0 N–H and O–H groups in total. The summed E-state index contributed by atoms with van der Waals surface area (Å²) in [6.07, 6.45) is 4.52. The van der Waals surface area contributed by atoms with Crippen molar-refractivity contribution in [1.82, 2.24) is 14.9 Å². The molecular weight excluding hydrogens is 389 g/mol. The van der Waals surface area contributed by atoms with Gasteiger partial charge in [-0.3, -0.25) is 0 Å². The average Bonchev–Trinajstić information content (AvgIpc) is 2.98. The van der Waals surface area contributed by atoms with Gasteiger partial charge in [-0.15, -0.1) is 0 Å². The zero-order chi connectivity index (χ0) is 21.2. The van der Waals surface area contributed by atoms with Crippen molar-refractivity contribution in [2.45, 2.75) is 18.9 Å². The zero-order valence-corrected chi connectivity index (χ0v) is 17.9. The summed E-state index contributed by atoms with van der Waals surface area (Å²) < 4.78 is 14.6. The molecule has 160 valence electrons. The van der Waals surface area contributed by atoms with Gasteiger partial charge in [-0.05, 0) is 61.0 Å². The van der Waals surface area contributed by atoms with Crippen LogP contribution >= 0.6 is 0 Å². The molecule has 2 aliphatic heterocycles. The molecule has 2 aromatic carbocycles. The normalized spacial score (nSPS) is 19.7. The van der Waals surface area contributed by atoms with Crippen LogP contribution < -0.4 is 9.80 Å². The van der Waals surface area contributed by atoms with Crippen LogP contribution in [0.2, 0.25) is 0 Å². The number of piperazine rings is 1. The minimum atomic E-state index is -0.105. The Kier molecular flexibility index (Phi) is 5.55. The van der Waals surface area contributed by atoms with Crippen molar-refractivity contribution in [3.63, 3.8) is 0 Å². The maximum absolute atomic E-state index is 14.6. The quantitative estimate of drug-likeness (QED) is 0.646. The number of fused-ring (bicyclic) bond motifs is 1. The van der Waals surface area contributed by atoms with Gasteiger partial charge in [-0.2, -0.15) is 0 Å². The van der Waals surface area contributed by atoms with Crippen LogP contribution in [0.5, 0.6) is 0 Å². The van der Waals surface area contributed by atoms with Crippen LogP contribution in [0.25, 0.3) is 0 Å². The third kappa shape index (κ3) is 4.12. The molecule has 0 aliphatic carbocycles. The second-order valence-electron chi connectivity index (χ2n) is 8.51. The summed E-state index contributed by atoms with van der Waals surface area (Å²) in [7, 11) is 2.15. The standard InChI is InChI=1S/C25H28FN5/c1-29-12-9-22(23-5-2-3-6-24(23)26)21-8-7-20(17-19(21)18-29)30-13-15-31(16-14-30)25-27-10-4-11-28-25/h2-8,10-11,17,22H,9,12-16,18H2,1H3. The molecule has 5 nitrogen and oxygen atoms in total. The second kappa shape index (κ2) is 8.63. The van der Waals surface area contributed by atoms with E-state index in [0.29, 0.717) is 0 Å². The first kappa shape index (κ1) is 19.9. The minimum absolute atomic E-state index is 0.0993. The summed E-state index contributed by atoms with van der Waals surface area (Å²) in [5.74, 6) is 0.798. The average molecular weight is 418 g/mol. The zero-order valence-electron chi connectivity index (χ0n) is 17.9. The van der Waals surface area contributed by atoms with Crippen molar-refractivity contribution in [1.29, 1.82) is 0 Å². The van der Waals surface area contributed by atoms with Crippen molar-refractivity contribution in [2.75, 3.05) is 49.6 Å². The van der Waals surface area contributed by atoms with Gasteiger partial charge in [-0.25, -0.2) is 14.4 Å². The van der Waals surface area contributed by atoms with Crippen LogP contribution in [0, 0.1) is 5.82 Å². The molecular formula is C25H28FN5. The molecule has 1 unspecified atom stereocenters. The highest BCUT2D eigenvalue weighted by molar-refractivity contribution is 5.54. The molecule has 1 aromatic heterocycles. The van der Waals surface area contributed by atoms with E-state index in [1.54, 1.807) is 24.5 Å². The molecule has 0 saturated carbocycles. The fourth-order valence-electron chi connectivity index (χ4n) is 4.84. The van der Waals surface area contributed by atoms with Crippen LogP contribution in [-0.4, -0.2) is 54.6 Å². The Morgan fingerprint density at radius 1 is 0.839 bits per heavy atom. The number of aromatic nitrogens is 2. The lowest BCUT2D eigenvalue weighted by molar-refractivity contribution is 0.327. The van der Waals surface area contributed by atoms with Gasteiger partial charge in [0.25, 0.3) is 0 Å². The monoisotopic (exact) mass is 417 g/mol. The first-order chi connectivity index (χ1) is 15.2. The Balaban J connectivity index is 1.39. The Morgan fingerprint density at radius 2 is 1.58 bits per heavy atom. The van der Waals surface area contributed by atoms with E-state index in [1.165, 1.54) is 16.8 Å². The summed E-state index contributed by atoms with van der Waals surface area (Å²) in [5.41, 5.74) is 4.62. The lowest BCUT2D eigenvalue weighted by atomic mass is 9.86. The summed E-state index contributed by atoms with van der Waals surface area (Å²) in [6, 6.07) is 15.8. The maximum atomic E-state index is 14.6. The fourth-order valence-corrected chi connectivity index (χ4v) is 4.84. The third-order valence-electron chi connectivity index (χ3n) is 6.50. The molecule has 2 aliphatic rings. The van der Waals surface area contributed by atoms with Crippen LogP contribution in [0.3, 0.4) is 0 Å². The molecule has 6 heteroatoms. The molecule has 31 heavy (non-hydrogen) atoms. The first-order valence-electron chi connectivity index (χ1n) is 11.0. The van der Waals surface area contributed by atoms with Crippen LogP contribution in [0.1, 0.15) is 29.0 Å². The van der Waals surface area contributed by atoms with Crippen molar-refractivity contribution in [3.05, 3.63) is 83.4 Å². The molecule has 1 fully saturated rings. The Hall–Kier alpha value is -2.99. The van der Waals surface area contributed by atoms with Gasteiger partial charge in [0.2, 0.25) is 5.95 Å². The largest absolute Gasteiger partial charge is 0.368 e. The first-order valence-corrected chi connectivity index (χ1v) is 11.0. The van der Waals surface area contributed by atoms with E-state index in [2.05, 4.69) is 49.9 Å². The number of hydrogen-bond acceptors (Lipinski definition) is 5. The SMILES string of the molecule is CN1CCC(c2ccccc2F)c2ccc(N3CCN(c4ncccn4)CC3)cc2C1. The van der Waals surface area contributed by atoms with E-state index in [1.807, 2.05) is 18.2 Å². The molecule has 0 spiro atoms. The Morgan fingerprint density at radius 3 is 2.35 bits per heavy atom. The summed E-state index contributed by atoms with van der Waals surface area (Å²) in [4.78, 5) is 15.8. The topological polar surface area (TPSA) is 35.5 Å². The van der Waals surface area contributed by atoms with Crippen LogP contribution in [-0.2, 0) is 6.54 Å². The van der Waals surface area contributed by atoms with Crippen molar-refractivity contribution in [2.24, 2.45) is 0 Å². The van der Waals surface area contributed by atoms with Crippen molar-refractivity contribution >= 4 is 11.6 Å². The molecule has 5 rings (SSSR count). The molecule has 0 bridgehead atoms. The highest BCUT2D eigenvalue weighted by atomic mass is 19.1. The third-order valence-corrected chi connectivity index (χ3v) is 6.50. The number of hydrogen-bond donors (Lipinski definition) is 0. The highest BCUT2D eigenvalue weighted by Crippen LogP contribution is 2.36. The number of anilines is 2. The second-order valence-corrected chi connectivity index (χ2v) is 8.51. The Labute approximate surface area is 183 Å². The fraction of sp³-hybridized carbons (Fsp3) is 0.360. The van der Waals surface area contributed by atoms with Crippen molar-refractivity contribution in [3.8, 4) is 0 Å². The summed E-state index contributed by atoms with van der Waals surface area (Å²) in [5, 5.41) is 0. The lowest BCUT2D eigenvalue weighted by Gasteiger charge is -2.36. The van der Waals surface area contributed by atoms with Gasteiger partial charge in [0.1, 0.15) is 5.82 Å². The molecule has 1 saturated heterocycles. The van der Waals surface area contributed by atoms with Gasteiger partial charge >= 0.3 is 0 Å². The van der Waals surface area contributed by atoms with Gasteiger partial charge in [-0.1, -0.05) is 24.3 Å². The molecule has 0 radical (unpaired) electrons. The number of rotatable bonds is 3. The highest BCUT2D eigenvalue weighted by Gasteiger charge is 2.26. The van der Waals surface area contributed by atoms with E-state index < -0.39 is 0 Å². The lowest BCUT2D eigenvalue weighted by Crippen LogP contribution is -2.47. The van der Waals surface area contributed by atoms with E-state index in [4.69, 9.17) is 0 Å². The van der Waals surface area contributed by atoms with Crippen LogP contribution in [0.15, 0.2) is 60.9 Å². The van der Waals surface area contributed by atoms with E-state index in [0.717, 1.165) is 57.2 Å². The van der Waals surface area contributed by atoms with Gasteiger partial charge in [0.05, 0.1) is 0 Å². The predicted octanol–water partition coefficient (Wildman–Crippen LogP) is 3.91. The Bertz CT molecular complexity index is 1030. The molecule has 3 heterocycles. The summed E-state index contributed by atoms with van der Waals surface area (Å²) in [6.45, 7) is 5.52. The van der Waals surface area contributed by atoms with E-state index in [9.17, 15) is 4.39 Å². The molecule has 1 atom stereocenters. The maximum Gasteiger partial charge on any atom is 0.225 e. The molecule has 0 amide bonds. The van der Waals surface area contributed by atoms with Gasteiger partial charge in [0, 0.05) is 56.7 Å². The van der Waals surface area contributed by atoms with Gasteiger partial charge < -0.3 is 14.7 Å². The van der Waals surface area contributed by atoms with E-state index >= 15 is 0 Å². The number of halogens is 1. The number of nitrogens with zero attached hydrogens (tertiary/aromatic N) is 5. The van der Waals surface area contributed by atoms with Crippen LogP contribution in [0.4, 0.5) is 16.0 Å². The van der Waals surface area contributed by atoms with E-state index in [-0.39, 0.29) is 11.7 Å². The van der Waals surface area contributed by atoms with Gasteiger partial charge in [0.15, 0.2) is 0 Å². The minimum Gasteiger partial charge on any atom is -0.368 e. The molecule has 3 aromatic rings. The summed E-state index contributed by atoms with van der Waals surface area (Å²) >= 11 is 0.